The summed E-state index contributed by atoms with van der Waals surface area (Å²) in [7, 11) is 0. The van der Waals surface area contributed by atoms with Crippen molar-refractivity contribution >= 4 is 74.5 Å². The highest BCUT2D eigenvalue weighted by molar-refractivity contribution is 8.00. The van der Waals surface area contributed by atoms with Crippen LogP contribution in [0.5, 0.6) is 5.75 Å². The molecule has 13 heteroatoms. The Morgan fingerprint density at radius 1 is 1.09 bits per heavy atom. The van der Waals surface area contributed by atoms with Crippen LogP contribution in [-0.2, 0) is 15.3 Å². The molecule has 1 aliphatic heterocycles. The van der Waals surface area contributed by atoms with Crippen molar-refractivity contribution in [2.45, 2.75) is 36.9 Å². The number of nitrogens with zero attached hydrogens (tertiary/aromatic N) is 5. The van der Waals surface area contributed by atoms with Gasteiger partial charge < -0.3 is 14.2 Å². The maximum absolute atomic E-state index is 13.7. The molecule has 1 unspecified atom stereocenters. The molecule has 0 bridgehead atoms. The quantitative estimate of drug-likeness (QED) is 0.0599. The van der Waals surface area contributed by atoms with Crippen LogP contribution in [0, 0.1) is 13.8 Å². The molecule has 0 spiro atoms. The molecule has 1 fully saturated rings. The Morgan fingerprint density at radius 3 is 2.66 bits per heavy atom. The number of ether oxygens (including phenoxy) is 1. The highest BCUT2D eigenvalue weighted by Gasteiger charge is 2.49. The van der Waals surface area contributed by atoms with Gasteiger partial charge in [0, 0.05) is 22.0 Å². The number of carbonyl (C=O) groups excluding carboxylic acids is 2. The number of benzene rings is 2. The summed E-state index contributed by atoms with van der Waals surface area (Å²) in [6.45, 7) is 6.01. The number of amides is 1. The molecule has 3 aromatic heterocycles. The Kier molecular flexibility index (Phi) is 8.38. The standard InChI is InChI=1S/C31H25Cl2N5O4S2/c1-4-42-21-9-5-8-18(13-21)25-23(26(39)24-17(3)37-12-6-7-16(2)28(37)34-24)27(40)29(41)38(25)30-35-36-31(44-30)43-15-19-10-11-20(32)14-22(19)33/h5-14,25,39H,4,15H2,1-3H3. The number of anilines is 1. The average molecular weight is 667 g/mol. The molecule has 1 saturated heterocycles. The minimum atomic E-state index is -1.00. The lowest BCUT2D eigenvalue weighted by Gasteiger charge is -2.22. The minimum absolute atomic E-state index is 0.0924. The SMILES string of the molecule is CCOc1cccc(C2C(=C(O)c3nc4c(C)cccn4c3C)C(=O)C(=O)N2c2nnc(SCc3ccc(Cl)cc3Cl)s2)c1. The van der Waals surface area contributed by atoms with Crippen molar-refractivity contribution in [2.24, 2.45) is 0 Å². The third kappa shape index (κ3) is 5.45. The first-order valence-corrected chi connectivity index (χ1v) is 16.1. The van der Waals surface area contributed by atoms with Crippen LogP contribution in [0.25, 0.3) is 11.4 Å². The Hall–Kier alpha value is -3.90. The number of hydrogen-bond donors (Lipinski definition) is 1. The molecule has 0 aliphatic carbocycles. The normalized spacial score (nSPS) is 16.3. The summed E-state index contributed by atoms with van der Waals surface area (Å²) in [5.74, 6) is -0.988. The predicted molar refractivity (Wildman–Crippen MR) is 173 cm³/mol. The Bertz CT molecular complexity index is 1970. The first-order valence-electron chi connectivity index (χ1n) is 13.6. The van der Waals surface area contributed by atoms with E-state index in [-0.39, 0.29) is 22.2 Å². The van der Waals surface area contributed by atoms with Crippen LogP contribution in [0.4, 0.5) is 5.13 Å². The summed E-state index contributed by atoms with van der Waals surface area (Å²) in [5, 5.41) is 21.6. The molecule has 2 aromatic carbocycles. The summed E-state index contributed by atoms with van der Waals surface area (Å²) < 4.78 is 8.13. The Morgan fingerprint density at radius 2 is 1.91 bits per heavy atom. The van der Waals surface area contributed by atoms with E-state index < -0.39 is 17.7 Å². The van der Waals surface area contributed by atoms with Gasteiger partial charge in [0.05, 0.1) is 23.9 Å². The zero-order valence-corrected chi connectivity index (χ0v) is 26.9. The monoisotopic (exact) mass is 665 g/mol. The summed E-state index contributed by atoms with van der Waals surface area (Å²) >= 11 is 14.9. The van der Waals surface area contributed by atoms with Crippen LogP contribution in [0.2, 0.25) is 10.0 Å². The van der Waals surface area contributed by atoms with Crippen LogP contribution in [0.1, 0.15) is 41.0 Å². The van der Waals surface area contributed by atoms with E-state index in [1.807, 2.05) is 42.6 Å². The topological polar surface area (TPSA) is 110 Å². The third-order valence-corrected chi connectivity index (χ3v) is 9.90. The molecule has 9 nitrogen and oxygen atoms in total. The van der Waals surface area contributed by atoms with Gasteiger partial charge in [-0.15, -0.1) is 10.2 Å². The van der Waals surface area contributed by atoms with Gasteiger partial charge in [-0.1, -0.05) is 70.6 Å². The lowest BCUT2D eigenvalue weighted by molar-refractivity contribution is -0.132. The van der Waals surface area contributed by atoms with E-state index in [0.29, 0.717) is 49.4 Å². The van der Waals surface area contributed by atoms with Gasteiger partial charge in [0.25, 0.3) is 5.78 Å². The smallest absolute Gasteiger partial charge is 0.301 e. The molecule has 1 amide bonds. The fraction of sp³-hybridized carbons (Fsp3) is 0.194. The predicted octanol–water partition coefficient (Wildman–Crippen LogP) is 7.43. The highest BCUT2D eigenvalue weighted by Crippen LogP contribution is 2.45. The number of aromatic nitrogens is 4. The second-order valence-corrected chi connectivity index (χ2v) is 13.0. The van der Waals surface area contributed by atoms with Gasteiger partial charge >= 0.3 is 5.91 Å². The molecular formula is C31H25Cl2N5O4S2. The number of aliphatic hydroxyl groups excluding tert-OH is 1. The first kappa shape index (κ1) is 30.1. The summed E-state index contributed by atoms with van der Waals surface area (Å²) in [6, 6.07) is 15.2. The van der Waals surface area contributed by atoms with E-state index in [4.69, 9.17) is 27.9 Å². The number of aliphatic hydroxyl groups is 1. The number of imidazole rings is 1. The van der Waals surface area contributed by atoms with Crippen molar-refractivity contribution < 1.29 is 19.4 Å². The van der Waals surface area contributed by atoms with Crippen LogP contribution in [-0.4, -0.2) is 43.0 Å². The van der Waals surface area contributed by atoms with E-state index in [1.54, 1.807) is 43.3 Å². The molecule has 5 aromatic rings. The Labute approximate surface area is 271 Å². The number of carbonyl (C=O) groups is 2. The molecular weight excluding hydrogens is 641 g/mol. The molecule has 224 valence electrons. The Balaban J connectivity index is 1.44. The molecule has 1 atom stereocenters. The zero-order valence-electron chi connectivity index (χ0n) is 23.7. The minimum Gasteiger partial charge on any atom is -0.505 e. The van der Waals surface area contributed by atoms with Gasteiger partial charge in [-0.3, -0.25) is 14.5 Å². The molecule has 0 radical (unpaired) electrons. The van der Waals surface area contributed by atoms with Gasteiger partial charge in [-0.05, 0) is 67.8 Å². The summed E-state index contributed by atoms with van der Waals surface area (Å²) in [5.41, 5.74) is 3.72. The molecule has 1 aliphatic rings. The maximum atomic E-state index is 13.7. The molecule has 1 N–H and O–H groups in total. The van der Waals surface area contributed by atoms with E-state index in [2.05, 4.69) is 15.2 Å². The van der Waals surface area contributed by atoms with Gasteiger partial charge in [-0.2, -0.15) is 0 Å². The molecule has 4 heterocycles. The second-order valence-electron chi connectivity index (χ2n) is 9.98. The van der Waals surface area contributed by atoms with Crippen molar-refractivity contribution in [3.8, 4) is 5.75 Å². The van der Waals surface area contributed by atoms with Crippen LogP contribution < -0.4 is 9.64 Å². The largest absolute Gasteiger partial charge is 0.505 e. The van der Waals surface area contributed by atoms with E-state index in [9.17, 15) is 14.7 Å². The van der Waals surface area contributed by atoms with Gasteiger partial charge in [0.2, 0.25) is 5.13 Å². The number of fused-ring (bicyclic) bond motifs is 1. The first-order chi connectivity index (χ1) is 21.2. The fourth-order valence-electron chi connectivity index (χ4n) is 5.10. The van der Waals surface area contributed by atoms with E-state index >= 15 is 0 Å². The number of Topliss-reactive ketones (excluding diaryl/α,β-unsaturated/α-hetero) is 1. The van der Waals surface area contributed by atoms with Crippen molar-refractivity contribution in [3.63, 3.8) is 0 Å². The van der Waals surface area contributed by atoms with Gasteiger partial charge in [0.15, 0.2) is 10.1 Å². The van der Waals surface area contributed by atoms with Crippen molar-refractivity contribution in [3.05, 3.63) is 104 Å². The number of hydrogen-bond acceptors (Lipinski definition) is 9. The maximum Gasteiger partial charge on any atom is 0.301 e. The summed E-state index contributed by atoms with van der Waals surface area (Å²) in [6.07, 6.45) is 1.83. The van der Waals surface area contributed by atoms with Gasteiger partial charge in [0.1, 0.15) is 17.1 Å². The van der Waals surface area contributed by atoms with Crippen LogP contribution in [0.3, 0.4) is 0 Å². The molecule has 6 rings (SSSR count). The number of aryl methyl sites for hydroxylation is 2. The van der Waals surface area contributed by atoms with E-state index in [1.165, 1.54) is 16.7 Å². The van der Waals surface area contributed by atoms with Gasteiger partial charge in [-0.25, -0.2) is 4.98 Å². The molecule has 0 saturated carbocycles. The van der Waals surface area contributed by atoms with Crippen molar-refractivity contribution in [1.82, 2.24) is 19.6 Å². The summed E-state index contributed by atoms with van der Waals surface area (Å²) in [4.78, 5) is 33.4. The highest BCUT2D eigenvalue weighted by atomic mass is 35.5. The van der Waals surface area contributed by atoms with Crippen LogP contribution in [0.15, 0.2) is 70.7 Å². The lowest BCUT2D eigenvalue weighted by Crippen LogP contribution is -2.29. The zero-order chi connectivity index (χ0) is 31.1. The number of halogens is 2. The number of pyridine rings is 1. The number of rotatable bonds is 8. The van der Waals surface area contributed by atoms with Crippen LogP contribution >= 0.6 is 46.3 Å². The average Bonchev–Trinajstić information content (AvgIpc) is 3.68. The van der Waals surface area contributed by atoms with E-state index in [0.717, 1.165) is 22.5 Å². The fourth-order valence-corrected chi connectivity index (χ4v) is 7.52. The van der Waals surface area contributed by atoms with Crippen molar-refractivity contribution in [1.29, 1.82) is 0 Å². The second kappa shape index (κ2) is 12.2. The number of thioether (sulfide) groups is 1. The third-order valence-electron chi connectivity index (χ3n) is 7.21. The number of ketones is 1. The lowest BCUT2D eigenvalue weighted by atomic mass is 9.96. The molecule has 44 heavy (non-hydrogen) atoms. The van der Waals surface area contributed by atoms with Crippen molar-refractivity contribution in [2.75, 3.05) is 11.5 Å².